The number of hydrogen-bond donors (Lipinski definition) is 3. The van der Waals surface area contributed by atoms with Crippen molar-refractivity contribution in [3.8, 4) is 5.75 Å². The highest BCUT2D eigenvalue weighted by atomic mass is 35.5. The van der Waals surface area contributed by atoms with Gasteiger partial charge in [0.2, 0.25) is 0 Å². The fraction of sp³-hybridized carbons (Fsp3) is 0.0625. The maximum absolute atomic E-state index is 9.45. The normalized spacial score (nSPS) is 12.0. The van der Waals surface area contributed by atoms with E-state index >= 15 is 0 Å². The molecule has 0 aliphatic heterocycles. The number of aromatic amines is 1. The van der Waals surface area contributed by atoms with Gasteiger partial charge in [-0.3, -0.25) is 5.10 Å². The highest BCUT2D eigenvalue weighted by Crippen LogP contribution is 2.28. The molecule has 0 saturated carbocycles. The van der Waals surface area contributed by atoms with Gasteiger partial charge in [0.25, 0.3) is 0 Å². The SMILES string of the molecule is Oc1ccc(C(Nc2cn[nH]c2)c2ccc(Cl)cc2)cc1. The molecule has 4 nitrogen and oxygen atoms in total. The summed E-state index contributed by atoms with van der Waals surface area (Å²) in [6.45, 7) is 0. The molecule has 1 atom stereocenters. The molecule has 0 aliphatic carbocycles. The number of phenolic OH excluding ortho intramolecular Hbond substituents is 1. The van der Waals surface area contributed by atoms with Gasteiger partial charge in [0.1, 0.15) is 5.75 Å². The number of anilines is 1. The highest BCUT2D eigenvalue weighted by Gasteiger charge is 2.14. The number of aromatic nitrogens is 2. The number of nitrogens with one attached hydrogen (secondary N) is 2. The van der Waals surface area contributed by atoms with Crippen LogP contribution in [0.15, 0.2) is 60.9 Å². The van der Waals surface area contributed by atoms with Gasteiger partial charge in [0.15, 0.2) is 0 Å². The van der Waals surface area contributed by atoms with Crippen LogP contribution in [0, 0.1) is 0 Å². The van der Waals surface area contributed by atoms with Crippen LogP contribution in [-0.2, 0) is 0 Å². The molecule has 5 heteroatoms. The molecule has 0 aliphatic rings. The van der Waals surface area contributed by atoms with Crippen molar-refractivity contribution in [2.45, 2.75) is 6.04 Å². The second-order valence-corrected chi connectivity index (χ2v) is 5.14. The quantitative estimate of drug-likeness (QED) is 0.683. The van der Waals surface area contributed by atoms with Crippen LogP contribution in [-0.4, -0.2) is 15.3 Å². The summed E-state index contributed by atoms with van der Waals surface area (Å²) in [6.07, 6.45) is 3.52. The number of halogens is 1. The van der Waals surface area contributed by atoms with Crippen LogP contribution in [0.25, 0.3) is 0 Å². The predicted octanol–water partition coefficient (Wildman–Crippen LogP) is 3.97. The van der Waals surface area contributed by atoms with Crippen molar-refractivity contribution < 1.29 is 5.11 Å². The Labute approximate surface area is 127 Å². The van der Waals surface area contributed by atoms with E-state index in [2.05, 4.69) is 15.5 Å². The van der Waals surface area contributed by atoms with Gasteiger partial charge in [0, 0.05) is 11.2 Å². The maximum Gasteiger partial charge on any atom is 0.115 e. The Bertz CT molecular complexity index is 648. The number of aromatic hydroxyl groups is 1. The van der Waals surface area contributed by atoms with Crippen LogP contribution in [0.3, 0.4) is 0 Å². The average Bonchev–Trinajstić information content (AvgIpc) is 3.00. The van der Waals surface area contributed by atoms with Gasteiger partial charge < -0.3 is 10.4 Å². The van der Waals surface area contributed by atoms with Gasteiger partial charge in [-0.1, -0.05) is 35.9 Å². The third-order valence-electron chi connectivity index (χ3n) is 3.24. The lowest BCUT2D eigenvalue weighted by Gasteiger charge is -2.20. The van der Waals surface area contributed by atoms with E-state index in [1.807, 2.05) is 36.4 Å². The minimum absolute atomic E-state index is 0.0551. The van der Waals surface area contributed by atoms with Gasteiger partial charge >= 0.3 is 0 Å². The zero-order valence-electron chi connectivity index (χ0n) is 11.1. The van der Waals surface area contributed by atoms with Gasteiger partial charge in [-0.2, -0.15) is 5.10 Å². The number of nitrogens with zero attached hydrogens (tertiary/aromatic N) is 1. The average molecular weight is 300 g/mol. The molecule has 2 aromatic carbocycles. The summed E-state index contributed by atoms with van der Waals surface area (Å²) < 4.78 is 0. The van der Waals surface area contributed by atoms with E-state index in [-0.39, 0.29) is 11.8 Å². The van der Waals surface area contributed by atoms with Crippen molar-refractivity contribution in [1.82, 2.24) is 10.2 Å². The lowest BCUT2D eigenvalue weighted by molar-refractivity contribution is 0.475. The van der Waals surface area contributed by atoms with E-state index < -0.39 is 0 Å². The summed E-state index contributed by atoms with van der Waals surface area (Å²) >= 11 is 5.96. The van der Waals surface area contributed by atoms with E-state index in [0.717, 1.165) is 16.8 Å². The zero-order valence-corrected chi connectivity index (χ0v) is 11.9. The molecule has 0 fully saturated rings. The molecule has 0 radical (unpaired) electrons. The van der Waals surface area contributed by atoms with Crippen LogP contribution in [0.5, 0.6) is 5.75 Å². The number of hydrogen-bond acceptors (Lipinski definition) is 3. The summed E-state index contributed by atoms with van der Waals surface area (Å²) in [4.78, 5) is 0. The van der Waals surface area contributed by atoms with E-state index in [1.165, 1.54) is 0 Å². The first kappa shape index (κ1) is 13.5. The Kier molecular flexibility index (Phi) is 3.79. The minimum Gasteiger partial charge on any atom is -0.508 e. The van der Waals surface area contributed by atoms with Crippen molar-refractivity contribution in [1.29, 1.82) is 0 Å². The molecule has 0 amide bonds. The minimum atomic E-state index is -0.0551. The maximum atomic E-state index is 9.45. The summed E-state index contributed by atoms with van der Waals surface area (Å²) in [5.41, 5.74) is 3.01. The highest BCUT2D eigenvalue weighted by molar-refractivity contribution is 6.30. The van der Waals surface area contributed by atoms with Crippen LogP contribution in [0.1, 0.15) is 17.2 Å². The van der Waals surface area contributed by atoms with Crippen LogP contribution < -0.4 is 5.32 Å². The first-order valence-electron chi connectivity index (χ1n) is 6.52. The molecule has 3 aromatic rings. The van der Waals surface area contributed by atoms with E-state index in [4.69, 9.17) is 11.6 Å². The first-order chi connectivity index (χ1) is 10.2. The molecule has 21 heavy (non-hydrogen) atoms. The summed E-state index contributed by atoms with van der Waals surface area (Å²) in [5, 5.41) is 20.3. The Balaban J connectivity index is 1.97. The molecular formula is C16H14ClN3O. The smallest absolute Gasteiger partial charge is 0.115 e. The fourth-order valence-electron chi connectivity index (χ4n) is 2.18. The van der Waals surface area contributed by atoms with Crippen LogP contribution in [0.4, 0.5) is 5.69 Å². The molecule has 0 saturated heterocycles. The number of phenols is 1. The number of benzene rings is 2. The number of rotatable bonds is 4. The first-order valence-corrected chi connectivity index (χ1v) is 6.90. The van der Waals surface area contributed by atoms with E-state index in [9.17, 15) is 5.11 Å². The monoisotopic (exact) mass is 299 g/mol. The van der Waals surface area contributed by atoms with Crippen molar-refractivity contribution >= 4 is 17.3 Å². The molecule has 0 spiro atoms. The lowest BCUT2D eigenvalue weighted by atomic mass is 9.98. The zero-order chi connectivity index (χ0) is 14.7. The molecule has 0 bridgehead atoms. The Morgan fingerprint density at radius 2 is 1.62 bits per heavy atom. The van der Waals surface area contributed by atoms with E-state index in [0.29, 0.717) is 5.02 Å². The van der Waals surface area contributed by atoms with Gasteiger partial charge in [-0.15, -0.1) is 0 Å². The number of H-pyrrole nitrogens is 1. The summed E-state index contributed by atoms with van der Waals surface area (Å²) in [5.74, 6) is 0.247. The molecule has 1 unspecified atom stereocenters. The van der Waals surface area contributed by atoms with Crippen LogP contribution >= 0.6 is 11.6 Å². The van der Waals surface area contributed by atoms with Gasteiger partial charge in [-0.25, -0.2) is 0 Å². The summed E-state index contributed by atoms with van der Waals surface area (Å²) in [6, 6.07) is 14.8. The van der Waals surface area contributed by atoms with Gasteiger partial charge in [-0.05, 0) is 35.4 Å². The third kappa shape index (κ3) is 3.17. The summed E-state index contributed by atoms with van der Waals surface area (Å²) in [7, 11) is 0. The Morgan fingerprint density at radius 3 is 2.19 bits per heavy atom. The van der Waals surface area contributed by atoms with Crippen molar-refractivity contribution in [3.63, 3.8) is 0 Å². The predicted molar refractivity (Wildman–Crippen MR) is 83.6 cm³/mol. The Hall–Kier alpha value is -2.46. The standard InChI is InChI=1S/C16H14ClN3O/c17-13-5-1-11(2-6-13)16(20-14-9-18-19-10-14)12-3-7-15(21)8-4-12/h1-10,16,20-21H,(H,18,19). The van der Waals surface area contributed by atoms with Crippen molar-refractivity contribution in [2.24, 2.45) is 0 Å². The van der Waals surface area contributed by atoms with Crippen molar-refractivity contribution in [3.05, 3.63) is 77.1 Å². The molecule has 1 heterocycles. The van der Waals surface area contributed by atoms with Crippen LogP contribution in [0.2, 0.25) is 5.02 Å². The molecule has 3 rings (SSSR count). The Morgan fingerprint density at radius 1 is 1.00 bits per heavy atom. The van der Waals surface area contributed by atoms with Crippen molar-refractivity contribution in [2.75, 3.05) is 5.32 Å². The second-order valence-electron chi connectivity index (χ2n) is 4.71. The molecule has 1 aromatic heterocycles. The second kappa shape index (κ2) is 5.89. The molecule has 3 N–H and O–H groups in total. The fourth-order valence-corrected chi connectivity index (χ4v) is 2.30. The molecular weight excluding hydrogens is 286 g/mol. The van der Waals surface area contributed by atoms with Gasteiger partial charge in [0.05, 0.1) is 17.9 Å². The topological polar surface area (TPSA) is 60.9 Å². The lowest BCUT2D eigenvalue weighted by Crippen LogP contribution is -2.11. The molecule has 106 valence electrons. The largest absolute Gasteiger partial charge is 0.508 e. The third-order valence-corrected chi connectivity index (χ3v) is 3.49. The van der Waals surface area contributed by atoms with E-state index in [1.54, 1.807) is 24.5 Å².